The van der Waals surface area contributed by atoms with Crippen LogP contribution in [0.25, 0.3) is 0 Å². The lowest BCUT2D eigenvalue weighted by atomic mass is 9.85. The van der Waals surface area contributed by atoms with Gasteiger partial charge in [0, 0.05) is 18.0 Å². The van der Waals surface area contributed by atoms with Gasteiger partial charge in [0.15, 0.2) is 0 Å². The summed E-state index contributed by atoms with van der Waals surface area (Å²) in [5.41, 5.74) is -2.73. The van der Waals surface area contributed by atoms with E-state index in [1.165, 1.54) is 24.3 Å². The monoisotopic (exact) mass is 283 g/mol. The van der Waals surface area contributed by atoms with Crippen LogP contribution in [0.4, 0.5) is 23.7 Å². The Bertz CT molecular complexity index is 577. The van der Waals surface area contributed by atoms with E-state index in [2.05, 4.69) is 0 Å². The van der Waals surface area contributed by atoms with Gasteiger partial charge < -0.3 is 4.74 Å². The van der Waals surface area contributed by atoms with Gasteiger partial charge in [-0.2, -0.15) is 13.2 Å². The predicted octanol–water partition coefficient (Wildman–Crippen LogP) is 3.79. The fourth-order valence-corrected chi connectivity index (χ4v) is 2.37. The van der Waals surface area contributed by atoms with Gasteiger partial charge in [-0.05, 0) is 6.07 Å². The largest absolute Gasteiger partial charge is 0.432 e. The number of carbonyl (C=O) groups is 1. The number of para-hydroxylation sites is 1. The summed E-state index contributed by atoms with van der Waals surface area (Å²) < 4.78 is 45.3. The second-order valence-corrected chi connectivity index (χ2v) is 4.42. The molecule has 3 nitrogen and oxygen atoms in total. The van der Waals surface area contributed by atoms with Crippen molar-refractivity contribution in [3.63, 3.8) is 0 Å². The van der Waals surface area contributed by atoms with Crippen LogP contribution in [0.15, 0.2) is 24.3 Å². The molecule has 1 aromatic rings. The maximum Gasteiger partial charge on any atom is 0.432 e. The highest BCUT2D eigenvalue weighted by molar-refractivity contribution is 5.94. The van der Waals surface area contributed by atoms with Crippen LogP contribution in [0.2, 0.25) is 0 Å². The van der Waals surface area contributed by atoms with E-state index in [1.807, 2.05) is 6.04 Å². The number of amides is 1. The second kappa shape index (κ2) is 4.75. The fraction of sp³-hybridized carbons (Fsp3) is 0.357. The van der Waals surface area contributed by atoms with Crippen LogP contribution in [0.1, 0.15) is 25.3 Å². The first-order chi connectivity index (χ1) is 9.37. The zero-order valence-electron chi connectivity index (χ0n) is 10.7. The van der Waals surface area contributed by atoms with Crippen molar-refractivity contribution in [2.24, 2.45) is 0 Å². The number of hydrogen-bond acceptors (Lipinski definition) is 2. The van der Waals surface area contributed by atoms with Gasteiger partial charge in [-0.3, -0.25) is 0 Å². The molecule has 0 saturated carbocycles. The van der Waals surface area contributed by atoms with Gasteiger partial charge in [0.25, 0.3) is 0 Å². The van der Waals surface area contributed by atoms with Crippen LogP contribution >= 0.6 is 0 Å². The summed E-state index contributed by atoms with van der Waals surface area (Å²) in [4.78, 5) is 12.5. The molecule has 2 rings (SSSR count). The molecule has 1 aliphatic rings. The number of benzene rings is 1. The lowest BCUT2D eigenvalue weighted by molar-refractivity contribution is -0.268. The molecule has 1 atom stereocenters. The summed E-state index contributed by atoms with van der Waals surface area (Å²) in [6.45, 7) is 1.59. The molecule has 0 saturated heterocycles. The van der Waals surface area contributed by atoms with E-state index in [1.54, 1.807) is 6.92 Å². The van der Waals surface area contributed by atoms with Gasteiger partial charge in [-0.1, -0.05) is 38.0 Å². The Kier molecular flexibility index (Phi) is 3.38. The van der Waals surface area contributed by atoms with E-state index in [-0.39, 0.29) is 24.1 Å². The average Bonchev–Trinajstić information content (AvgIpc) is 2.38. The van der Waals surface area contributed by atoms with Gasteiger partial charge in [0.05, 0.1) is 5.69 Å². The molecule has 0 fully saturated rings. The van der Waals surface area contributed by atoms with Crippen molar-refractivity contribution in [3.05, 3.63) is 29.8 Å². The first-order valence-corrected chi connectivity index (χ1v) is 6.03. The van der Waals surface area contributed by atoms with E-state index in [9.17, 15) is 18.0 Å². The molecule has 0 N–H and O–H groups in total. The molecule has 0 radical (unpaired) electrons. The van der Waals surface area contributed by atoms with Gasteiger partial charge in [0.1, 0.15) is 0 Å². The van der Waals surface area contributed by atoms with Crippen molar-refractivity contribution in [3.8, 4) is 12.5 Å². The molecule has 106 valence electrons. The summed E-state index contributed by atoms with van der Waals surface area (Å²) in [5.74, 6) is 0. The van der Waals surface area contributed by atoms with Crippen LogP contribution < -0.4 is 4.90 Å². The number of terminal acetylenes is 1. The summed E-state index contributed by atoms with van der Waals surface area (Å²) in [6, 6.07) is 7.68. The summed E-state index contributed by atoms with van der Waals surface area (Å²) >= 11 is 0. The van der Waals surface area contributed by atoms with E-state index >= 15 is 0 Å². The van der Waals surface area contributed by atoms with Gasteiger partial charge >= 0.3 is 12.3 Å². The van der Waals surface area contributed by atoms with Gasteiger partial charge in [-0.25, -0.2) is 9.69 Å². The van der Waals surface area contributed by atoms with Gasteiger partial charge in [-0.15, -0.1) is 0 Å². The van der Waals surface area contributed by atoms with Crippen molar-refractivity contribution in [1.82, 2.24) is 0 Å². The van der Waals surface area contributed by atoms with Crippen molar-refractivity contribution < 1.29 is 22.7 Å². The van der Waals surface area contributed by atoms with E-state index < -0.39 is 17.9 Å². The van der Waals surface area contributed by atoms with Crippen LogP contribution in [0, 0.1) is 12.5 Å². The van der Waals surface area contributed by atoms with Crippen molar-refractivity contribution in [1.29, 1.82) is 0 Å². The molecule has 1 aliphatic heterocycles. The lowest BCUT2D eigenvalue weighted by Crippen LogP contribution is -2.52. The molecule has 0 aliphatic carbocycles. The Morgan fingerprint density at radius 1 is 1.40 bits per heavy atom. The van der Waals surface area contributed by atoms with Crippen LogP contribution in [-0.4, -0.2) is 12.3 Å². The zero-order valence-corrected chi connectivity index (χ0v) is 10.7. The molecular weight excluding hydrogens is 271 g/mol. The first kappa shape index (κ1) is 14.3. The number of halogens is 3. The molecule has 0 spiro atoms. The number of cyclic esters (lactones) is 1. The zero-order chi connectivity index (χ0) is 15.0. The van der Waals surface area contributed by atoms with E-state index in [4.69, 9.17) is 11.2 Å². The van der Waals surface area contributed by atoms with Crippen molar-refractivity contribution >= 4 is 11.8 Å². The smallest absolute Gasteiger partial charge is 0.427 e. The van der Waals surface area contributed by atoms with Crippen LogP contribution in [0.5, 0.6) is 0 Å². The maximum atomic E-state index is 13.5. The van der Waals surface area contributed by atoms with Gasteiger partial charge in [0.2, 0.25) is 5.60 Å². The Hall–Kier alpha value is -2.16. The molecule has 20 heavy (non-hydrogen) atoms. The number of alkyl halides is 3. The van der Waals surface area contributed by atoms with Crippen molar-refractivity contribution in [2.75, 3.05) is 4.90 Å². The highest BCUT2D eigenvalue weighted by atomic mass is 19.4. The van der Waals surface area contributed by atoms with E-state index in [0.717, 1.165) is 4.90 Å². The topological polar surface area (TPSA) is 29.5 Å². The number of nitrogens with zero attached hydrogens (tertiary/aromatic N) is 1. The SMILES string of the molecule is C#CN1C(=O)OC(CCC)(C(F)(F)F)c2ccccc21. The molecule has 0 bridgehead atoms. The minimum atomic E-state index is -4.71. The minimum Gasteiger partial charge on any atom is -0.427 e. The lowest BCUT2D eigenvalue weighted by Gasteiger charge is -2.41. The third-order valence-electron chi connectivity index (χ3n) is 3.21. The molecule has 6 heteroatoms. The Morgan fingerprint density at radius 3 is 2.60 bits per heavy atom. The summed E-state index contributed by atoms with van der Waals surface area (Å²) in [7, 11) is 0. The Balaban J connectivity index is 2.72. The maximum absolute atomic E-state index is 13.5. The van der Waals surface area contributed by atoms with Crippen molar-refractivity contribution in [2.45, 2.75) is 31.5 Å². The molecular formula is C14H12F3NO2. The van der Waals surface area contributed by atoms with E-state index in [0.29, 0.717) is 0 Å². The molecule has 1 aromatic carbocycles. The number of carbonyl (C=O) groups excluding carboxylic acids is 1. The van der Waals surface area contributed by atoms with Crippen LogP contribution in [0.3, 0.4) is 0 Å². The molecule has 1 heterocycles. The fourth-order valence-electron chi connectivity index (χ4n) is 2.37. The number of rotatable bonds is 2. The highest BCUT2D eigenvalue weighted by Crippen LogP contribution is 2.51. The summed E-state index contributed by atoms with van der Waals surface area (Å²) in [6.07, 6.45) is -0.866. The minimum absolute atomic E-state index is 0.0389. The highest BCUT2D eigenvalue weighted by Gasteiger charge is 2.62. The molecule has 1 unspecified atom stereocenters. The quantitative estimate of drug-likeness (QED) is 0.773. The summed E-state index contributed by atoms with van der Waals surface area (Å²) in [5, 5.41) is 0. The standard InChI is InChI=1S/C14H12F3NO2/c1-3-9-13(14(15,16)17)10-7-5-6-8-11(10)18(4-2)12(19)20-13/h2,5-8H,3,9H2,1H3. The normalized spacial score (nSPS) is 21.9. The third-order valence-corrected chi connectivity index (χ3v) is 3.21. The molecule has 0 aromatic heterocycles. The number of anilines is 1. The Labute approximate surface area is 114 Å². The first-order valence-electron chi connectivity index (χ1n) is 6.03. The number of fused-ring (bicyclic) bond motifs is 1. The third kappa shape index (κ3) is 1.90. The van der Waals surface area contributed by atoms with Crippen LogP contribution in [-0.2, 0) is 10.3 Å². The predicted molar refractivity (Wildman–Crippen MR) is 66.9 cm³/mol. The number of hydrogen-bond donors (Lipinski definition) is 0. The average molecular weight is 283 g/mol. The Morgan fingerprint density at radius 2 is 2.05 bits per heavy atom. The number of ether oxygens (including phenoxy) is 1. The molecule has 1 amide bonds. The second-order valence-electron chi connectivity index (χ2n) is 4.42.